The summed E-state index contributed by atoms with van der Waals surface area (Å²) in [6.07, 6.45) is 13.2. The fourth-order valence-corrected chi connectivity index (χ4v) is 4.09. The second kappa shape index (κ2) is 7.44. The van der Waals surface area contributed by atoms with Crippen LogP contribution in [0.4, 0.5) is 0 Å². The Morgan fingerprint density at radius 3 is 2.63 bits per heavy atom. The number of hydrogen-bond acceptors (Lipinski definition) is 2. The van der Waals surface area contributed by atoms with E-state index < -0.39 is 0 Å². The Morgan fingerprint density at radius 2 is 2.05 bits per heavy atom. The lowest BCUT2D eigenvalue weighted by atomic mass is 9.74. The van der Waals surface area contributed by atoms with Gasteiger partial charge in [0.1, 0.15) is 0 Å². The van der Waals surface area contributed by atoms with E-state index in [-0.39, 0.29) is 0 Å². The van der Waals surface area contributed by atoms with Crippen LogP contribution < -0.4 is 5.32 Å². The summed E-state index contributed by atoms with van der Waals surface area (Å²) in [6, 6.07) is 0.597. The third kappa shape index (κ3) is 3.61. The van der Waals surface area contributed by atoms with Crippen molar-refractivity contribution in [2.45, 2.75) is 64.3 Å². The zero-order valence-corrected chi connectivity index (χ0v) is 12.8. The maximum Gasteiger partial charge on any atom is 0.0344 e. The lowest BCUT2D eigenvalue weighted by molar-refractivity contribution is 0.0811. The van der Waals surface area contributed by atoms with E-state index in [1.165, 1.54) is 77.5 Å². The Bertz CT molecular complexity index is 262. The van der Waals surface area contributed by atoms with E-state index in [1.807, 2.05) is 0 Å². The van der Waals surface area contributed by atoms with Crippen molar-refractivity contribution in [3.05, 3.63) is 12.7 Å². The van der Waals surface area contributed by atoms with Gasteiger partial charge in [-0.25, -0.2) is 0 Å². The predicted octanol–water partition coefficient (Wildman–Crippen LogP) is 3.59. The Labute approximate surface area is 119 Å². The van der Waals surface area contributed by atoms with Gasteiger partial charge < -0.3 is 5.32 Å². The molecule has 2 nitrogen and oxygen atoms in total. The molecule has 2 atom stereocenters. The molecule has 0 spiro atoms. The van der Waals surface area contributed by atoms with Gasteiger partial charge in [-0.05, 0) is 45.3 Å². The van der Waals surface area contributed by atoms with Gasteiger partial charge in [-0.15, -0.1) is 6.58 Å². The third-order valence-corrected chi connectivity index (χ3v) is 5.19. The monoisotopic (exact) mass is 264 g/mol. The van der Waals surface area contributed by atoms with Crippen LogP contribution >= 0.6 is 0 Å². The van der Waals surface area contributed by atoms with E-state index in [9.17, 15) is 0 Å². The molecule has 0 radical (unpaired) electrons. The molecule has 0 aliphatic carbocycles. The van der Waals surface area contributed by atoms with Crippen molar-refractivity contribution in [2.24, 2.45) is 5.41 Å². The standard InChI is InChI=1S/C17H32N2/c1-3-5-7-10-17(11-12-18-15-17)16(4-2)19-13-8-6-9-14-19/h4,16,18H,2-3,5-15H2,1H3. The molecule has 2 rings (SSSR count). The Hall–Kier alpha value is -0.340. The van der Waals surface area contributed by atoms with Gasteiger partial charge in [0.25, 0.3) is 0 Å². The predicted molar refractivity (Wildman–Crippen MR) is 83.5 cm³/mol. The van der Waals surface area contributed by atoms with Crippen molar-refractivity contribution in [3.63, 3.8) is 0 Å². The van der Waals surface area contributed by atoms with Gasteiger partial charge in [0.2, 0.25) is 0 Å². The van der Waals surface area contributed by atoms with Crippen molar-refractivity contribution in [1.82, 2.24) is 10.2 Å². The minimum absolute atomic E-state index is 0.467. The van der Waals surface area contributed by atoms with E-state index in [0.717, 1.165) is 0 Å². The van der Waals surface area contributed by atoms with Crippen molar-refractivity contribution in [1.29, 1.82) is 0 Å². The van der Waals surface area contributed by atoms with Gasteiger partial charge in [-0.1, -0.05) is 38.7 Å². The lowest BCUT2D eigenvalue weighted by Crippen LogP contribution is -2.49. The molecule has 0 amide bonds. The van der Waals surface area contributed by atoms with Crippen molar-refractivity contribution in [2.75, 3.05) is 26.2 Å². The molecule has 2 fully saturated rings. The van der Waals surface area contributed by atoms with Crippen LogP contribution in [0.25, 0.3) is 0 Å². The molecule has 2 aliphatic heterocycles. The number of piperidine rings is 1. The molecule has 0 aromatic heterocycles. The molecule has 110 valence electrons. The molecule has 1 N–H and O–H groups in total. The smallest absolute Gasteiger partial charge is 0.0344 e. The largest absolute Gasteiger partial charge is 0.316 e. The molecule has 2 saturated heterocycles. The summed E-state index contributed by atoms with van der Waals surface area (Å²) in [5.74, 6) is 0. The minimum atomic E-state index is 0.467. The average molecular weight is 264 g/mol. The first-order valence-corrected chi connectivity index (χ1v) is 8.40. The number of nitrogens with zero attached hydrogens (tertiary/aromatic N) is 1. The van der Waals surface area contributed by atoms with Crippen LogP contribution in [0.3, 0.4) is 0 Å². The SMILES string of the molecule is C=CC(N1CCCCC1)C1(CCCCC)CCNC1. The first-order valence-electron chi connectivity index (χ1n) is 8.40. The van der Waals surface area contributed by atoms with Crippen LogP contribution in [0.5, 0.6) is 0 Å². The lowest BCUT2D eigenvalue weighted by Gasteiger charge is -2.44. The van der Waals surface area contributed by atoms with Gasteiger partial charge in [0.15, 0.2) is 0 Å². The van der Waals surface area contributed by atoms with Crippen molar-refractivity contribution < 1.29 is 0 Å². The van der Waals surface area contributed by atoms with Crippen LogP contribution in [-0.4, -0.2) is 37.1 Å². The summed E-state index contributed by atoms with van der Waals surface area (Å²) >= 11 is 0. The number of likely N-dealkylation sites (tertiary alicyclic amines) is 1. The second-order valence-corrected chi connectivity index (χ2v) is 6.52. The highest BCUT2D eigenvalue weighted by Gasteiger charge is 2.42. The fourth-order valence-electron chi connectivity index (χ4n) is 4.09. The average Bonchev–Trinajstić information content (AvgIpc) is 2.91. The van der Waals surface area contributed by atoms with E-state index in [1.54, 1.807) is 0 Å². The van der Waals surface area contributed by atoms with Crippen LogP contribution in [0, 0.1) is 5.41 Å². The summed E-state index contributed by atoms with van der Waals surface area (Å²) in [4.78, 5) is 2.72. The van der Waals surface area contributed by atoms with E-state index in [2.05, 4.69) is 29.8 Å². The quantitative estimate of drug-likeness (QED) is 0.558. The van der Waals surface area contributed by atoms with Gasteiger partial charge in [0, 0.05) is 18.0 Å². The van der Waals surface area contributed by atoms with E-state index in [4.69, 9.17) is 0 Å². The van der Waals surface area contributed by atoms with Gasteiger partial charge in [-0.2, -0.15) is 0 Å². The van der Waals surface area contributed by atoms with Crippen LogP contribution in [-0.2, 0) is 0 Å². The Balaban J connectivity index is 2.03. The van der Waals surface area contributed by atoms with Crippen LogP contribution in [0.15, 0.2) is 12.7 Å². The molecule has 0 aromatic rings. The molecular weight excluding hydrogens is 232 g/mol. The Kier molecular flexibility index (Phi) is 5.90. The molecule has 2 unspecified atom stereocenters. The summed E-state index contributed by atoms with van der Waals surface area (Å²) in [7, 11) is 0. The van der Waals surface area contributed by atoms with Gasteiger partial charge in [0.05, 0.1) is 0 Å². The zero-order chi connectivity index (χ0) is 13.6. The molecular formula is C17H32N2. The van der Waals surface area contributed by atoms with Gasteiger partial charge in [-0.3, -0.25) is 4.90 Å². The normalized spacial score (nSPS) is 30.4. The Morgan fingerprint density at radius 1 is 1.26 bits per heavy atom. The van der Waals surface area contributed by atoms with E-state index >= 15 is 0 Å². The summed E-state index contributed by atoms with van der Waals surface area (Å²) in [6.45, 7) is 11.5. The molecule has 0 aromatic carbocycles. The molecule has 0 bridgehead atoms. The minimum Gasteiger partial charge on any atom is -0.316 e. The molecule has 19 heavy (non-hydrogen) atoms. The first-order chi connectivity index (χ1) is 9.32. The third-order valence-electron chi connectivity index (χ3n) is 5.19. The zero-order valence-electron chi connectivity index (χ0n) is 12.8. The highest BCUT2D eigenvalue weighted by atomic mass is 15.2. The van der Waals surface area contributed by atoms with Crippen LogP contribution in [0.1, 0.15) is 58.3 Å². The van der Waals surface area contributed by atoms with Gasteiger partial charge >= 0.3 is 0 Å². The van der Waals surface area contributed by atoms with E-state index in [0.29, 0.717) is 11.5 Å². The number of nitrogens with one attached hydrogen (secondary N) is 1. The second-order valence-electron chi connectivity index (χ2n) is 6.52. The first kappa shape index (κ1) is 15.1. The summed E-state index contributed by atoms with van der Waals surface area (Å²) in [5, 5.41) is 3.62. The maximum absolute atomic E-state index is 4.18. The molecule has 2 heterocycles. The van der Waals surface area contributed by atoms with Crippen molar-refractivity contribution in [3.8, 4) is 0 Å². The summed E-state index contributed by atoms with van der Waals surface area (Å²) < 4.78 is 0. The topological polar surface area (TPSA) is 15.3 Å². The molecule has 0 saturated carbocycles. The number of rotatable bonds is 7. The highest BCUT2D eigenvalue weighted by molar-refractivity contribution is 5.06. The molecule has 2 heteroatoms. The van der Waals surface area contributed by atoms with Crippen LogP contribution in [0.2, 0.25) is 0 Å². The van der Waals surface area contributed by atoms with Crippen molar-refractivity contribution >= 4 is 0 Å². The maximum atomic E-state index is 4.18. The number of hydrogen-bond donors (Lipinski definition) is 1. The highest BCUT2D eigenvalue weighted by Crippen LogP contribution is 2.39. The number of unbranched alkanes of at least 4 members (excludes halogenated alkanes) is 2. The summed E-state index contributed by atoms with van der Waals surface area (Å²) in [5.41, 5.74) is 0.467. The fraction of sp³-hybridized carbons (Fsp3) is 0.882. The molecule has 2 aliphatic rings.